The molecule has 0 aliphatic rings. The van der Waals surface area contributed by atoms with Crippen molar-refractivity contribution in [1.29, 1.82) is 0 Å². The van der Waals surface area contributed by atoms with E-state index >= 15 is 0 Å². The van der Waals surface area contributed by atoms with Gasteiger partial charge in [0.2, 0.25) is 0 Å². The summed E-state index contributed by atoms with van der Waals surface area (Å²) in [6.07, 6.45) is 0.865. The van der Waals surface area contributed by atoms with E-state index in [0.29, 0.717) is 10.0 Å². The van der Waals surface area contributed by atoms with E-state index < -0.39 is 10.9 Å². The highest BCUT2D eigenvalue weighted by Gasteiger charge is 2.08. The third kappa shape index (κ3) is 2.62. The van der Waals surface area contributed by atoms with Gasteiger partial charge >= 0.3 is 5.95 Å². The molecule has 0 bridgehead atoms. The molecule has 5 heteroatoms. The smallest absolute Gasteiger partial charge is 0.256 e. The molecule has 0 amide bonds. The molecule has 1 aromatic rings. The first-order chi connectivity index (χ1) is 6.11. The molecule has 0 radical (unpaired) electrons. The lowest BCUT2D eigenvalue weighted by Crippen LogP contribution is -1.91. The molecule has 0 fully saturated rings. The maximum atomic E-state index is 12.5. The molecule has 0 spiro atoms. The van der Waals surface area contributed by atoms with Gasteiger partial charge in [0.05, 0.1) is 11.0 Å². The van der Waals surface area contributed by atoms with Crippen LogP contribution in [0.5, 0.6) is 0 Å². The van der Waals surface area contributed by atoms with Crippen molar-refractivity contribution < 1.29 is 9.31 Å². The largest absolute Gasteiger partial charge is 0.419 e. The van der Waals surface area contributed by atoms with E-state index in [0.717, 1.165) is 6.08 Å². The standard InChI is InChI=1S/C8H5BrFNO2/c9-7-4-2-1-3-6(7)5-8(10)11(12)13/h1-5H/b8-5+. The molecule has 13 heavy (non-hydrogen) atoms. The number of benzene rings is 1. The fraction of sp³-hybridized carbons (Fsp3) is 0. The minimum atomic E-state index is -1.37. The predicted molar refractivity (Wildman–Crippen MR) is 50.2 cm³/mol. The number of nitro groups is 1. The van der Waals surface area contributed by atoms with E-state index in [4.69, 9.17) is 0 Å². The summed E-state index contributed by atoms with van der Waals surface area (Å²) in [5.41, 5.74) is 0.441. The van der Waals surface area contributed by atoms with Crippen LogP contribution in [0, 0.1) is 10.1 Å². The molecule has 0 atom stereocenters. The van der Waals surface area contributed by atoms with Crippen LogP contribution in [0.1, 0.15) is 5.56 Å². The Kier molecular flexibility index (Phi) is 3.13. The lowest BCUT2D eigenvalue weighted by molar-refractivity contribution is -0.445. The zero-order valence-corrected chi connectivity index (χ0v) is 7.99. The Morgan fingerprint density at radius 1 is 1.54 bits per heavy atom. The Labute approximate surface area is 82.2 Å². The van der Waals surface area contributed by atoms with Crippen molar-refractivity contribution in [3.8, 4) is 0 Å². The van der Waals surface area contributed by atoms with E-state index in [9.17, 15) is 14.5 Å². The molecule has 0 heterocycles. The van der Waals surface area contributed by atoms with Gasteiger partial charge in [-0.15, -0.1) is 4.39 Å². The lowest BCUT2D eigenvalue weighted by Gasteiger charge is -1.94. The average molecular weight is 246 g/mol. The number of hydrogen-bond acceptors (Lipinski definition) is 2. The molecule has 1 rings (SSSR count). The summed E-state index contributed by atoms with van der Waals surface area (Å²) >= 11 is 3.14. The van der Waals surface area contributed by atoms with Gasteiger partial charge in [-0.25, -0.2) is 0 Å². The second-order valence-electron chi connectivity index (χ2n) is 2.25. The average Bonchev–Trinajstić information content (AvgIpc) is 2.08. The highest BCUT2D eigenvalue weighted by molar-refractivity contribution is 9.10. The first-order valence-electron chi connectivity index (χ1n) is 3.37. The fourth-order valence-corrected chi connectivity index (χ4v) is 1.17. The van der Waals surface area contributed by atoms with Crippen LogP contribution < -0.4 is 0 Å². The van der Waals surface area contributed by atoms with E-state index in [1.165, 1.54) is 0 Å². The maximum absolute atomic E-state index is 12.5. The normalized spacial score (nSPS) is 11.4. The van der Waals surface area contributed by atoms with Gasteiger partial charge < -0.3 is 0 Å². The highest BCUT2D eigenvalue weighted by Crippen LogP contribution is 2.19. The van der Waals surface area contributed by atoms with Crippen molar-refractivity contribution in [2.24, 2.45) is 0 Å². The fourth-order valence-electron chi connectivity index (χ4n) is 0.773. The second kappa shape index (κ2) is 4.13. The molecule has 0 aliphatic heterocycles. The van der Waals surface area contributed by atoms with Gasteiger partial charge in [0.1, 0.15) is 0 Å². The van der Waals surface area contributed by atoms with Gasteiger partial charge in [0, 0.05) is 4.47 Å². The first kappa shape index (κ1) is 9.85. The Bertz CT molecular complexity index is 365. The minimum absolute atomic E-state index is 0.441. The summed E-state index contributed by atoms with van der Waals surface area (Å²) in [5.74, 6) is -1.37. The van der Waals surface area contributed by atoms with Crippen LogP contribution in [0.2, 0.25) is 0 Å². The van der Waals surface area contributed by atoms with Crippen molar-refractivity contribution >= 4 is 22.0 Å². The van der Waals surface area contributed by atoms with Crippen LogP contribution in [0.3, 0.4) is 0 Å². The SMILES string of the molecule is O=[N+]([O-])/C(F)=C/c1ccccc1Br. The number of halogens is 2. The van der Waals surface area contributed by atoms with Crippen molar-refractivity contribution in [2.75, 3.05) is 0 Å². The Hall–Kier alpha value is -1.23. The van der Waals surface area contributed by atoms with E-state index in [1.807, 2.05) is 0 Å². The monoisotopic (exact) mass is 245 g/mol. The van der Waals surface area contributed by atoms with Gasteiger partial charge in [-0.1, -0.05) is 34.1 Å². The van der Waals surface area contributed by atoms with Crippen molar-refractivity contribution in [3.05, 3.63) is 50.4 Å². The van der Waals surface area contributed by atoms with Gasteiger partial charge in [0.15, 0.2) is 0 Å². The van der Waals surface area contributed by atoms with Crippen LogP contribution >= 0.6 is 15.9 Å². The van der Waals surface area contributed by atoms with Crippen LogP contribution in [0.15, 0.2) is 34.7 Å². The molecule has 0 unspecified atom stereocenters. The zero-order valence-electron chi connectivity index (χ0n) is 6.41. The van der Waals surface area contributed by atoms with Crippen molar-refractivity contribution in [3.63, 3.8) is 0 Å². The quantitative estimate of drug-likeness (QED) is 0.457. The molecule has 0 N–H and O–H groups in total. The first-order valence-corrected chi connectivity index (χ1v) is 4.16. The van der Waals surface area contributed by atoms with E-state index in [-0.39, 0.29) is 0 Å². The minimum Gasteiger partial charge on any atom is -0.256 e. The molecule has 0 aromatic heterocycles. The van der Waals surface area contributed by atoms with Crippen molar-refractivity contribution in [2.45, 2.75) is 0 Å². The van der Waals surface area contributed by atoms with E-state index in [1.54, 1.807) is 24.3 Å². The lowest BCUT2D eigenvalue weighted by atomic mass is 10.2. The summed E-state index contributed by atoms with van der Waals surface area (Å²) in [4.78, 5) is 8.89. The molecular formula is C8H5BrFNO2. The summed E-state index contributed by atoms with van der Waals surface area (Å²) in [5, 5.41) is 9.96. The highest BCUT2D eigenvalue weighted by atomic mass is 79.9. The Morgan fingerprint density at radius 3 is 2.69 bits per heavy atom. The third-order valence-electron chi connectivity index (χ3n) is 1.35. The molecule has 68 valence electrons. The van der Waals surface area contributed by atoms with E-state index in [2.05, 4.69) is 15.9 Å². The molecule has 0 saturated heterocycles. The van der Waals surface area contributed by atoms with Gasteiger partial charge in [0.25, 0.3) is 0 Å². The third-order valence-corrected chi connectivity index (χ3v) is 2.08. The van der Waals surface area contributed by atoms with Crippen molar-refractivity contribution in [1.82, 2.24) is 0 Å². The summed E-state index contributed by atoms with van der Waals surface area (Å²) < 4.78 is 13.2. The molecule has 0 aliphatic carbocycles. The maximum Gasteiger partial charge on any atom is 0.419 e. The Balaban J connectivity index is 3.04. The summed E-state index contributed by atoms with van der Waals surface area (Å²) in [6, 6.07) is 6.67. The van der Waals surface area contributed by atoms with Gasteiger partial charge in [-0.05, 0) is 11.6 Å². The van der Waals surface area contributed by atoms with Crippen LogP contribution in [-0.2, 0) is 0 Å². The van der Waals surface area contributed by atoms with Gasteiger partial charge in [-0.2, -0.15) is 0 Å². The van der Waals surface area contributed by atoms with Crippen LogP contribution in [0.4, 0.5) is 4.39 Å². The molecule has 0 saturated carbocycles. The predicted octanol–water partition coefficient (Wildman–Crippen LogP) is 2.99. The number of rotatable bonds is 2. The molecule has 3 nitrogen and oxygen atoms in total. The number of hydrogen-bond donors (Lipinski definition) is 0. The van der Waals surface area contributed by atoms with Crippen LogP contribution in [-0.4, -0.2) is 4.92 Å². The molecule has 1 aromatic carbocycles. The van der Waals surface area contributed by atoms with Gasteiger partial charge in [-0.3, -0.25) is 10.1 Å². The zero-order chi connectivity index (χ0) is 9.84. The topological polar surface area (TPSA) is 43.1 Å². The number of nitrogens with zero attached hydrogens (tertiary/aromatic N) is 1. The second-order valence-corrected chi connectivity index (χ2v) is 3.10. The molecular weight excluding hydrogens is 241 g/mol. The summed E-state index contributed by atoms with van der Waals surface area (Å²) in [6.45, 7) is 0. The Morgan fingerprint density at radius 2 is 2.15 bits per heavy atom. The van der Waals surface area contributed by atoms with Crippen LogP contribution in [0.25, 0.3) is 6.08 Å². The summed E-state index contributed by atoms with van der Waals surface area (Å²) in [7, 11) is 0.